The number of carboxylic acid groups (broad SMARTS) is 1. The Labute approximate surface area is 133 Å². The molecule has 1 amide bonds. The molecule has 126 valence electrons. The Morgan fingerprint density at radius 2 is 2.09 bits per heavy atom. The Morgan fingerprint density at radius 1 is 1.39 bits per heavy atom. The summed E-state index contributed by atoms with van der Waals surface area (Å²) in [6, 6.07) is -0.247. The fourth-order valence-corrected chi connectivity index (χ4v) is 4.33. The lowest BCUT2D eigenvalue weighted by atomic mass is 10.1. The largest absolute Gasteiger partial charge is 0.481 e. The van der Waals surface area contributed by atoms with Gasteiger partial charge in [0.2, 0.25) is 15.9 Å². The summed E-state index contributed by atoms with van der Waals surface area (Å²) in [6.07, 6.45) is 2.78. The molecule has 1 N–H and O–H groups in total. The van der Waals surface area contributed by atoms with Crippen molar-refractivity contribution in [3.63, 3.8) is 0 Å². The van der Waals surface area contributed by atoms with Crippen molar-refractivity contribution >= 4 is 21.9 Å². The van der Waals surface area contributed by atoms with E-state index in [2.05, 4.69) is 5.10 Å². The predicted octanol–water partition coefficient (Wildman–Crippen LogP) is -0.791. The van der Waals surface area contributed by atoms with Crippen molar-refractivity contribution in [2.24, 2.45) is 5.92 Å². The lowest BCUT2D eigenvalue weighted by Crippen LogP contribution is -2.61. The Kier molecular flexibility index (Phi) is 3.88. The summed E-state index contributed by atoms with van der Waals surface area (Å²) in [5.41, 5.74) is 0. The average molecular weight is 342 g/mol. The van der Waals surface area contributed by atoms with Crippen LogP contribution in [0.3, 0.4) is 0 Å². The minimum absolute atomic E-state index is 0.0120. The molecule has 23 heavy (non-hydrogen) atoms. The fraction of sp³-hybridized carbons (Fsp3) is 0.615. The zero-order chi connectivity index (χ0) is 16.8. The highest BCUT2D eigenvalue weighted by atomic mass is 32.2. The number of hydrogen-bond acceptors (Lipinski definition) is 5. The number of nitrogens with zero attached hydrogens (tertiary/aromatic N) is 4. The van der Waals surface area contributed by atoms with E-state index in [0.717, 1.165) is 0 Å². The molecule has 3 heterocycles. The van der Waals surface area contributed by atoms with Crippen molar-refractivity contribution in [1.29, 1.82) is 0 Å². The summed E-state index contributed by atoms with van der Waals surface area (Å²) >= 11 is 0. The van der Waals surface area contributed by atoms with Crippen molar-refractivity contribution in [2.75, 3.05) is 19.6 Å². The van der Waals surface area contributed by atoms with Gasteiger partial charge in [-0.15, -0.1) is 0 Å². The van der Waals surface area contributed by atoms with Crippen molar-refractivity contribution < 1.29 is 23.1 Å². The summed E-state index contributed by atoms with van der Waals surface area (Å²) in [5.74, 6) is -1.91. The number of carboxylic acids is 1. The van der Waals surface area contributed by atoms with Gasteiger partial charge in [0, 0.05) is 38.8 Å². The number of rotatable bonds is 5. The van der Waals surface area contributed by atoms with Crippen molar-refractivity contribution in [2.45, 2.75) is 30.8 Å². The van der Waals surface area contributed by atoms with Gasteiger partial charge in [0.05, 0.1) is 18.2 Å². The van der Waals surface area contributed by atoms with Gasteiger partial charge in [-0.2, -0.15) is 9.40 Å². The number of likely N-dealkylation sites (tertiary alicyclic amines) is 1. The quantitative estimate of drug-likeness (QED) is 0.750. The van der Waals surface area contributed by atoms with Crippen LogP contribution in [0.25, 0.3) is 0 Å². The first-order chi connectivity index (χ1) is 10.8. The van der Waals surface area contributed by atoms with Gasteiger partial charge in [0.25, 0.3) is 0 Å². The van der Waals surface area contributed by atoms with Crippen LogP contribution in [-0.4, -0.2) is 70.1 Å². The molecule has 1 aromatic heterocycles. The molecule has 2 saturated heterocycles. The number of sulfonamides is 1. The van der Waals surface area contributed by atoms with Gasteiger partial charge in [-0.3, -0.25) is 14.3 Å². The van der Waals surface area contributed by atoms with Crippen molar-refractivity contribution in [3.8, 4) is 0 Å². The highest BCUT2D eigenvalue weighted by molar-refractivity contribution is 7.89. The minimum atomic E-state index is -3.61. The van der Waals surface area contributed by atoms with Gasteiger partial charge in [0.1, 0.15) is 4.90 Å². The number of carbonyl (C=O) groups is 2. The Hall–Kier alpha value is -1.94. The van der Waals surface area contributed by atoms with Crippen LogP contribution >= 0.6 is 0 Å². The van der Waals surface area contributed by atoms with Gasteiger partial charge >= 0.3 is 5.97 Å². The molecule has 0 bridgehead atoms. The van der Waals surface area contributed by atoms with E-state index in [4.69, 9.17) is 5.11 Å². The van der Waals surface area contributed by atoms with E-state index in [9.17, 15) is 18.0 Å². The number of amides is 1. The summed E-state index contributed by atoms with van der Waals surface area (Å²) in [6.45, 7) is 2.98. The summed E-state index contributed by atoms with van der Waals surface area (Å²) in [7, 11) is -3.61. The molecule has 10 heteroatoms. The monoisotopic (exact) mass is 342 g/mol. The van der Waals surface area contributed by atoms with Crippen LogP contribution in [0, 0.1) is 5.92 Å². The molecular formula is C13H18N4O5S. The van der Waals surface area contributed by atoms with Crippen LogP contribution in [0.4, 0.5) is 0 Å². The van der Waals surface area contributed by atoms with E-state index in [1.807, 2.05) is 6.92 Å². The molecule has 0 spiro atoms. The van der Waals surface area contributed by atoms with E-state index in [1.165, 1.54) is 26.3 Å². The number of aryl methyl sites for hydroxylation is 1. The second-order valence-electron chi connectivity index (χ2n) is 5.79. The number of carbonyl (C=O) groups excluding carboxylic acids is 1. The van der Waals surface area contributed by atoms with Crippen LogP contribution in [0.5, 0.6) is 0 Å². The van der Waals surface area contributed by atoms with Crippen LogP contribution in [0.2, 0.25) is 0 Å². The van der Waals surface area contributed by atoms with Crippen LogP contribution < -0.4 is 0 Å². The first-order valence-electron chi connectivity index (χ1n) is 7.37. The van der Waals surface area contributed by atoms with Gasteiger partial charge < -0.3 is 10.0 Å². The van der Waals surface area contributed by atoms with Crippen LogP contribution in [0.15, 0.2) is 17.3 Å². The second kappa shape index (κ2) is 5.60. The van der Waals surface area contributed by atoms with Gasteiger partial charge in [0.15, 0.2) is 0 Å². The molecule has 2 aliphatic heterocycles. The van der Waals surface area contributed by atoms with Gasteiger partial charge in [-0.25, -0.2) is 8.42 Å². The molecule has 3 rings (SSSR count). The molecule has 1 aromatic rings. The molecule has 9 nitrogen and oxygen atoms in total. The fourth-order valence-electron chi connectivity index (χ4n) is 2.86. The molecule has 1 atom stereocenters. The predicted molar refractivity (Wildman–Crippen MR) is 77.9 cm³/mol. The maximum absolute atomic E-state index is 12.4. The lowest BCUT2D eigenvalue weighted by Gasteiger charge is -2.42. The summed E-state index contributed by atoms with van der Waals surface area (Å²) in [5, 5.41) is 12.9. The SMILES string of the molecule is CCn1cc(S(=O)(=O)N2CC(N3CC(C(=O)O)CC3=O)C2)cn1. The number of aliphatic carboxylic acids is 1. The summed E-state index contributed by atoms with van der Waals surface area (Å²) < 4.78 is 27.7. The Bertz CT molecular complexity index is 737. The zero-order valence-corrected chi connectivity index (χ0v) is 13.4. The molecule has 0 aromatic carbocycles. The Morgan fingerprint density at radius 3 is 2.61 bits per heavy atom. The third-order valence-corrected chi connectivity index (χ3v) is 6.13. The topological polar surface area (TPSA) is 113 Å². The molecule has 0 saturated carbocycles. The Balaban J connectivity index is 1.64. The van der Waals surface area contributed by atoms with Gasteiger partial charge in [-0.1, -0.05) is 0 Å². The molecule has 2 fully saturated rings. The molecular weight excluding hydrogens is 324 g/mol. The van der Waals surface area contributed by atoms with E-state index >= 15 is 0 Å². The standard InChI is InChI=1S/C13H18N4O5S/c1-2-15-8-11(4-14-15)23(21,22)16-6-10(7-16)17-5-9(13(19)20)3-12(17)18/h4,8-10H,2-3,5-7H2,1H3,(H,19,20). The zero-order valence-electron chi connectivity index (χ0n) is 12.6. The maximum atomic E-state index is 12.4. The van der Waals surface area contributed by atoms with E-state index < -0.39 is 21.9 Å². The van der Waals surface area contributed by atoms with Crippen molar-refractivity contribution in [3.05, 3.63) is 12.4 Å². The smallest absolute Gasteiger partial charge is 0.308 e. The van der Waals surface area contributed by atoms with Crippen LogP contribution in [0.1, 0.15) is 13.3 Å². The number of hydrogen-bond donors (Lipinski definition) is 1. The highest BCUT2D eigenvalue weighted by Gasteiger charge is 2.45. The van der Waals surface area contributed by atoms with Gasteiger partial charge in [-0.05, 0) is 6.92 Å². The first-order valence-corrected chi connectivity index (χ1v) is 8.81. The van der Waals surface area contributed by atoms with E-state index in [0.29, 0.717) is 6.54 Å². The van der Waals surface area contributed by atoms with Crippen molar-refractivity contribution in [1.82, 2.24) is 19.0 Å². The van der Waals surface area contributed by atoms with Crippen LogP contribution in [-0.2, 0) is 26.2 Å². The van der Waals surface area contributed by atoms with E-state index in [-0.39, 0.29) is 42.9 Å². The second-order valence-corrected chi connectivity index (χ2v) is 7.73. The lowest BCUT2D eigenvalue weighted by molar-refractivity contribution is -0.141. The molecule has 1 unspecified atom stereocenters. The minimum Gasteiger partial charge on any atom is -0.481 e. The summed E-state index contributed by atoms with van der Waals surface area (Å²) in [4.78, 5) is 24.5. The molecule has 0 aliphatic carbocycles. The normalized spacial score (nSPS) is 23.3. The maximum Gasteiger partial charge on any atom is 0.308 e. The molecule has 2 aliphatic rings. The average Bonchev–Trinajstić information content (AvgIpc) is 3.04. The highest BCUT2D eigenvalue weighted by Crippen LogP contribution is 2.28. The third-order valence-electron chi connectivity index (χ3n) is 4.35. The molecule has 0 radical (unpaired) electrons. The number of aromatic nitrogens is 2. The first kappa shape index (κ1) is 15.9. The third kappa shape index (κ3) is 2.72. The van der Waals surface area contributed by atoms with E-state index in [1.54, 1.807) is 0 Å².